The molecular formula is C18H23NO. The summed E-state index contributed by atoms with van der Waals surface area (Å²) in [5.74, 6) is 0.116. The summed E-state index contributed by atoms with van der Waals surface area (Å²) in [7, 11) is 0. The normalized spacial score (nSPS) is 9.35. The molecule has 20 heavy (non-hydrogen) atoms. The summed E-state index contributed by atoms with van der Waals surface area (Å²) in [6.07, 6.45) is 0. The minimum atomic E-state index is 0.116. The lowest BCUT2D eigenvalue weighted by Gasteiger charge is -2.18. The van der Waals surface area contributed by atoms with Gasteiger partial charge in [0, 0.05) is 18.7 Å². The van der Waals surface area contributed by atoms with Crippen molar-refractivity contribution in [3.63, 3.8) is 0 Å². The molecule has 1 amide bonds. The molecule has 2 rings (SSSR count). The third-order valence-electron chi connectivity index (χ3n) is 3.01. The Morgan fingerprint density at radius 3 is 1.65 bits per heavy atom. The van der Waals surface area contributed by atoms with E-state index in [1.165, 1.54) is 5.56 Å². The van der Waals surface area contributed by atoms with Crippen molar-refractivity contribution >= 4 is 5.91 Å². The molecule has 0 fully saturated rings. The van der Waals surface area contributed by atoms with Gasteiger partial charge in [0.2, 0.25) is 0 Å². The van der Waals surface area contributed by atoms with E-state index in [-0.39, 0.29) is 5.91 Å². The monoisotopic (exact) mass is 269 g/mol. The fraction of sp³-hybridized carbons (Fsp3) is 0.278. The first-order chi connectivity index (χ1) is 9.69. The summed E-state index contributed by atoms with van der Waals surface area (Å²) in [4.78, 5) is 13.5. The van der Waals surface area contributed by atoms with Crippen LogP contribution in [-0.4, -0.2) is 23.9 Å². The zero-order valence-corrected chi connectivity index (χ0v) is 12.5. The molecule has 2 aromatic carbocycles. The smallest absolute Gasteiger partial charge is 0.253 e. The van der Waals surface area contributed by atoms with Gasteiger partial charge in [0.1, 0.15) is 0 Å². The Balaban J connectivity index is 0.000000240. The van der Waals surface area contributed by atoms with Crippen LogP contribution in [0.25, 0.3) is 0 Å². The molecule has 0 spiro atoms. The summed E-state index contributed by atoms with van der Waals surface area (Å²) in [6.45, 7) is 7.60. The van der Waals surface area contributed by atoms with Crippen LogP contribution in [0.4, 0.5) is 0 Å². The number of carbonyl (C=O) groups excluding carboxylic acids is 1. The molecule has 0 bridgehead atoms. The van der Waals surface area contributed by atoms with Crippen molar-refractivity contribution in [1.29, 1.82) is 0 Å². The Hall–Kier alpha value is -2.09. The van der Waals surface area contributed by atoms with Crippen LogP contribution in [0.1, 0.15) is 29.8 Å². The van der Waals surface area contributed by atoms with Crippen molar-refractivity contribution in [3.05, 3.63) is 71.8 Å². The standard InChI is InChI=1S/C11H15NO.C7H8/c1-3-12(4-2)11(13)10-8-6-5-7-9-10;1-7-5-3-2-4-6-7/h5-9H,3-4H2,1-2H3;2-6H,1H3. The average Bonchev–Trinajstić information content (AvgIpc) is 2.51. The maximum absolute atomic E-state index is 11.7. The number of nitrogens with zero attached hydrogens (tertiary/aromatic N) is 1. The van der Waals surface area contributed by atoms with Gasteiger partial charge in [-0.3, -0.25) is 4.79 Å². The lowest BCUT2D eigenvalue weighted by Crippen LogP contribution is -2.30. The quantitative estimate of drug-likeness (QED) is 0.819. The molecule has 106 valence electrons. The summed E-state index contributed by atoms with van der Waals surface area (Å²) < 4.78 is 0. The second kappa shape index (κ2) is 8.92. The Bertz CT molecular complexity index is 489. The molecule has 0 aliphatic carbocycles. The van der Waals surface area contributed by atoms with Crippen LogP contribution in [0.5, 0.6) is 0 Å². The number of hydrogen-bond acceptors (Lipinski definition) is 1. The van der Waals surface area contributed by atoms with Crippen LogP contribution < -0.4 is 0 Å². The fourth-order valence-electron chi connectivity index (χ4n) is 1.81. The Morgan fingerprint density at radius 2 is 1.30 bits per heavy atom. The molecule has 0 radical (unpaired) electrons. The molecular weight excluding hydrogens is 246 g/mol. The Kier molecular flexibility index (Phi) is 7.12. The fourth-order valence-corrected chi connectivity index (χ4v) is 1.81. The van der Waals surface area contributed by atoms with Gasteiger partial charge in [-0.1, -0.05) is 54.1 Å². The SMILES string of the molecule is CCN(CC)C(=O)c1ccccc1.Cc1ccccc1. The van der Waals surface area contributed by atoms with Crippen molar-refractivity contribution in [3.8, 4) is 0 Å². The maximum atomic E-state index is 11.7. The number of carbonyl (C=O) groups is 1. The van der Waals surface area contributed by atoms with Crippen molar-refractivity contribution < 1.29 is 4.79 Å². The van der Waals surface area contributed by atoms with Crippen LogP contribution in [-0.2, 0) is 0 Å². The summed E-state index contributed by atoms with van der Waals surface area (Å²) >= 11 is 0. The van der Waals surface area contributed by atoms with E-state index in [1.54, 1.807) is 0 Å². The first kappa shape index (κ1) is 16.0. The van der Waals surface area contributed by atoms with Gasteiger partial charge in [-0.05, 0) is 32.9 Å². The van der Waals surface area contributed by atoms with E-state index in [0.717, 1.165) is 18.7 Å². The van der Waals surface area contributed by atoms with Gasteiger partial charge < -0.3 is 4.90 Å². The highest BCUT2D eigenvalue weighted by atomic mass is 16.2. The molecule has 0 saturated heterocycles. The van der Waals surface area contributed by atoms with Crippen LogP contribution in [0, 0.1) is 6.92 Å². The van der Waals surface area contributed by atoms with E-state index in [1.807, 2.05) is 67.3 Å². The van der Waals surface area contributed by atoms with Crippen LogP contribution in [0.15, 0.2) is 60.7 Å². The van der Waals surface area contributed by atoms with Crippen molar-refractivity contribution in [2.24, 2.45) is 0 Å². The molecule has 0 heterocycles. The largest absolute Gasteiger partial charge is 0.339 e. The first-order valence-electron chi connectivity index (χ1n) is 7.05. The van der Waals surface area contributed by atoms with Crippen LogP contribution in [0.3, 0.4) is 0 Å². The van der Waals surface area contributed by atoms with Gasteiger partial charge in [0.15, 0.2) is 0 Å². The lowest BCUT2D eigenvalue weighted by molar-refractivity contribution is 0.0773. The highest BCUT2D eigenvalue weighted by Gasteiger charge is 2.10. The van der Waals surface area contributed by atoms with E-state index < -0.39 is 0 Å². The van der Waals surface area contributed by atoms with Gasteiger partial charge in [0.05, 0.1) is 0 Å². The van der Waals surface area contributed by atoms with Gasteiger partial charge in [-0.25, -0.2) is 0 Å². The highest BCUT2D eigenvalue weighted by Crippen LogP contribution is 2.03. The predicted octanol–water partition coefficient (Wildman–Crippen LogP) is 4.16. The van der Waals surface area contributed by atoms with Crippen molar-refractivity contribution in [2.45, 2.75) is 20.8 Å². The average molecular weight is 269 g/mol. The van der Waals surface area contributed by atoms with E-state index in [4.69, 9.17) is 0 Å². The Morgan fingerprint density at radius 1 is 0.850 bits per heavy atom. The van der Waals surface area contributed by atoms with Crippen molar-refractivity contribution in [2.75, 3.05) is 13.1 Å². The molecule has 2 nitrogen and oxygen atoms in total. The van der Waals surface area contributed by atoms with Crippen LogP contribution in [0.2, 0.25) is 0 Å². The molecule has 2 aromatic rings. The number of hydrogen-bond donors (Lipinski definition) is 0. The molecule has 0 aliphatic heterocycles. The van der Waals surface area contributed by atoms with Gasteiger partial charge in [0.25, 0.3) is 5.91 Å². The summed E-state index contributed by atoms with van der Waals surface area (Å²) in [6, 6.07) is 19.6. The predicted molar refractivity (Wildman–Crippen MR) is 84.9 cm³/mol. The van der Waals surface area contributed by atoms with Crippen molar-refractivity contribution in [1.82, 2.24) is 4.90 Å². The van der Waals surface area contributed by atoms with E-state index >= 15 is 0 Å². The topological polar surface area (TPSA) is 20.3 Å². The van der Waals surface area contributed by atoms with E-state index in [2.05, 4.69) is 19.1 Å². The second-order valence-corrected chi connectivity index (χ2v) is 4.50. The zero-order chi connectivity index (χ0) is 14.8. The molecule has 0 atom stereocenters. The van der Waals surface area contributed by atoms with Gasteiger partial charge in [-0.2, -0.15) is 0 Å². The number of rotatable bonds is 3. The minimum Gasteiger partial charge on any atom is -0.339 e. The molecule has 2 heteroatoms. The number of benzene rings is 2. The molecule has 0 N–H and O–H groups in total. The zero-order valence-electron chi connectivity index (χ0n) is 12.5. The summed E-state index contributed by atoms with van der Waals surface area (Å²) in [5, 5.41) is 0. The Labute approximate surface area is 122 Å². The number of aryl methyl sites for hydroxylation is 1. The number of amides is 1. The molecule has 0 saturated carbocycles. The van der Waals surface area contributed by atoms with E-state index in [0.29, 0.717) is 0 Å². The lowest BCUT2D eigenvalue weighted by atomic mass is 10.2. The third kappa shape index (κ3) is 5.27. The third-order valence-corrected chi connectivity index (χ3v) is 3.01. The maximum Gasteiger partial charge on any atom is 0.253 e. The van der Waals surface area contributed by atoms with E-state index in [9.17, 15) is 4.79 Å². The highest BCUT2D eigenvalue weighted by molar-refractivity contribution is 5.94. The second-order valence-electron chi connectivity index (χ2n) is 4.50. The molecule has 0 unspecified atom stereocenters. The molecule has 0 aromatic heterocycles. The van der Waals surface area contributed by atoms with Gasteiger partial charge in [-0.15, -0.1) is 0 Å². The van der Waals surface area contributed by atoms with Gasteiger partial charge >= 0.3 is 0 Å². The molecule has 0 aliphatic rings. The van der Waals surface area contributed by atoms with Crippen LogP contribution >= 0.6 is 0 Å². The first-order valence-corrected chi connectivity index (χ1v) is 7.05. The minimum absolute atomic E-state index is 0.116. The summed E-state index contributed by atoms with van der Waals surface area (Å²) in [5.41, 5.74) is 2.09.